The molecule has 5 amide bonds. The Labute approximate surface area is 403 Å². The van der Waals surface area contributed by atoms with Crippen molar-refractivity contribution in [1.29, 1.82) is 0 Å². The molecule has 0 aromatic heterocycles. The molecule has 380 valence electrons. The number of hydrogen-bond acceptors (Lipinski definition) is 16. The van der Waals surface area contributed by atoms with E-state index in [9.17, 15) is 48.3 Å². The van der Waals surface area contributed by atoms with E-state index in [0.29, 0.717) is 81.2 Å². The van der Waals surface area contributed by atoms with Gasteiger partial charge in [0, 0.05) is 93.5 Å². The summed E-state index contributed by atoms with van der Waals surface area (Å²) in [6.45, 7) is 2.49. The second kappa shape index (κ2) is 33.1. The molecule has 3 fully saturated rings. The summed E-state index contributed by atoms with van der Waals surface area (Å²) >= 11 is 3.40. The number of unbranched alkanes of at least 4 members (excludes halogenated alkanes) is 1. The molecule has 21 heteroatoms. The third-order valence-corrected chi connectivity index (χ3v) is 14.4. The number of ketones is 4. The number of primary amides is 1. The highest BCUT2D eigenvalue weighted by atomic mass is 32.2. The van der Waals surface area contributed by atoms with Gasteiger partial charge in [-0.1, -0.05) is 13.3 Å². The smallest absolute Gasteiger partial charge is 0.246 e. The van der Waals surface area contributed by atoms with Crippen molar-refractivity contribution in [2.45, 2.75) is 127 Å². The number of aliphatic hydroxyl groups excluding tert-OH is 1. The number of aliphatic hydroxyl groups is 1. The van der Waals surface area contributed by atoms with Crippen LogP contribution in [0.1, 0.15) is 103 Å². The number of carbonyl (C=O) groups is 9. The molecule has 3 aliphatic heterocycles. The quantitative estimate of drug-likeness (QED) is 0.0544. The molecule has 6 N–H and O–H groups in total. The van der Waals surface area contributed by atoms with Crippen LogP contribution in [0, 0.1) is 17.8 Å². The van der Waals surface area contributed by atoms with Crippen molar-refractivity contribution in [2.24, 2.45) is 23.5 Å². The number of rotatable bonds is 39. The minimum absolute atomic E-state index is 0.0497. The van der Waals surface area contributed by atoms with Crippen molar-refractivity contribution >= 4 is 76.2 Å². The highest BCUT2D eigenvalue weighted by Crippen LogP contribution is 2.40. The summed E-state index contributed by atoms with van der Waals surface area (Å²) in [4.78, 5) is 115. The highest BCUT2D eigenvalue weighted by Gasteiger charge is 2.43. The fraction of sp³-hybridized carbons (Fsp3) is 0.804. The molecule has 7 atom stereocenters. The Hall–Kier alpha value is -3.47. The van der Waals surface area contributed by atoms with Crippen molar-refractivity contribution in [1.82, 2.24) is 20.9 Å². The fourth-order valence-corrected chi connectivity index (χ4v) is 10.6. The van der Waals surface area contributed by atoms with Gasteiger partial charge in [-0.05, 0) is 57.0 Å². The van der Waals surface area contributed by atoms with Gasteiger partial charge in [-0.25, -0.2) is 0 Å². The van der Waals surface area contributed by atoms with Gasteiger partial charge in [0.25, 0.3) is 0 Å². The topological polar surface area (TPSA) is 276 Å². The van der Waals surface area contributed by atoms with Crippen molar-refractivity contribution in [3.63, 3.8) is 0 Å². The lowest BCUT2D eigenvalue weighted by atomic mass is 9.85. The molecule has 0 aromatic rings. The number of nitrogens with two attached hydrogens (primary N) is 1. The van der Waals surface area contributed by atoms with Crippen LogP contribution in [0.2, 0.25) is 0 Å². The minimum Gasteiger partial charge on any atom is -0.396 e. The van der Waals surface area contributed by atoms with Crippen molar-refractivity contribution < 1.29 is 67.2 Å². The molecule has 0 unspecified atom stereocenters. The zero-order valence-electron chi connectivity index (χ0n) is 39.4. The maximum atomic E-state index is 13.6. The molecule has 0 spiro atoms. The average molecular weight is 986 g/mol. The molecule has 3 aliphatic rings. The first kappa shape index (κ1) is 57.8. The van der Waals surface area contributed by atoms with Gasteiger partial charge in [-0.2, -0.15) is 23.5 Å². The van der Waals surface area contributed by atoms with Crippen LogP contribution in [0.4, 0.5) is 0 Å². The van der Waals surface area contributed by atoms with E-state index in [4.69, 9.17) is 24.7 Å². The van der Waals surface area contributed by atoms with Crippen molar-refractivity contribution in [3.05, 3.63) is 0 Å². The second-order valence-corrected chi connectivity index (χ2v) is 19.6. The maximum absolute atomic E-state index is 13.6. The summed E-state index contributed by atoms with van der Waals surface area (Å²) in [5.74, 6) is -2.84. The van der Waals surface area contributed by atoms with Crippen LogP contribution in [0.25, 0.3) is 0 Å². The minimum atomic E-state index is -1.11. The van der Waals surface area contributed by atoms with Gasteiger partial charge in [-0.3, -0.25) is 43.2 Å². The number of nitrogens with zero attached hydrogens (tertiary/aromatic N) is 1. The molecule has 0 saturated carbocycles. The number of thioether (sulfide) groups is 2. The number of likely N-dealkylation sites (tertiary alicyclic amines) is 1. The maximum Gasteiger partial charge on any atom is 0.246 e. The molecule has 3 rings (SSSR count). The fourth-order valence-electron chi connectivity index (χ4n) is 8.52. The number of Topliss-reactive ketones (excluding diaryl/α,β-unsaturated/α-hetero) is 4. The van der Waals surface area contributed by atoms with Crippen LogP contribution in [0.5, 0.6) is 0 Å². The normalized spacial score (nSPS) is 20.2. The Bertz CT molecular complexity index is 1620. The number of carbonyl (C=O) groups excluding carboxylic acids is 9. The van der Waals surface area contributed by atoms with Crippen LogP contribution >= 0.6 is 23.5 Å². The predicted octanol–water partition coefficient (Wildman–Crippen LogP) is 1.32. The van der Waals surface area contributed by atoms with Crippen LogP contribution in [0.15, 0.2) is 0 Å². The highest BCUT2D eigenvalue weighted by molar-refractivity contribution is 8.00. The third kappa shape index (κ3) is 22.2. The molecule has 0 radical (unpaired) electrons. The summed E-state index contributed by atoms with van der Waals surface area (Å²) < 4.78 is 21.8. The van der Waals surface area contributed by atoms with E-state index in [1.807, 2.05) is 18.0 Å². The molecule has 67 heavy (non-hydrogen) atoms. The molecule has 0 aliphatic carbocycles. The van der Waals surface area contributed by atoms with Gasteiger partial charge in [0.05, 0.1) is 57.6 Å². The second-order valence-electron chi connectivity index (χ2n) is 17.3. The molecular formula is C46H75N5O14S2. The van der Waals surface area contributed by atoms with Crippen molar-refractivity contribution in [3.8, 4) is 0 Å². The Morgan fingerprint density at radius 3 is 2.25 bits per heavy atom. The lowest BCUT2D eigenvalue weighted by Crippen LogP contribution is -2.45. The van der Waals surface area contributed by atoms with Gasteiger partial charge in [0.1, 0.15) is 24.8 Å². The Balaban J connectivity index is 1.22. The monoisotopic (exact) mass is 985 g/mol. The SMILES string of the molecule is CCC(=O)[C@@H]1CCCN1C(=O)[C@H](CO)CC(=O)[C@H](CCC(N)=O)CC(=O)[C@H](CCSC)NC(=O)COCCOCCNC(=O)COCCOCCCC(=O)CCCC[C@@H]1SC[C@@H]2NC(=O)C[C@@H]21. The first-order valence-corrected chi connectivity index (χ1v) is 26.3. The van der Waals surface area contributed by atoms with E-state index in [-0.39, 0.29) is 108 Å². The van der Waals surface area contributed by atoms with E-state index in [1.54, 1.807) is 6.92 Å². The number of fused-ring (bicyclic) bond motifs is 1. The third-order valence-electron chi connectivity index (χ3n) is 12.2. The zero-order valence-corrected chi connectivity index (χ0v) is 41.1. The zero-order chi connectivity index (χ0) is 49.0. The van der Waals surface area contributed by atoms with Gasteiger partial charge < -0.3 is 50.6 Å². The van der Waals surface area contributed by atoms with Gasteiger partial charge in [-0.15, -0.1) is 0 Å². The summed E-state index contributed by atoms with van der Waals surface area (Å²) in [6.07, 6.45) is 7.78. The molecule has 3 saturated heterocycles. The van der Waals surface area contributed by atoms with E-state index >= 15 is 0 Å². The van der Waals surface area contributed by atoms with E-state index in [2.05, 4.69) is 16.0 Å². The van der Waals surface area contributed by atoms with E-state index in [1.165, 1.54) is 16.7 Å². The Kier molecular flexibility index (Phi) is 28.6. The number of hydrogen-bond donors (Lipinski definition) is 5. The first-order chi connectivity index (χ1) is 32.3. The Morgan fingerprint density at radius 1 is 0.866 bits per heavy atom. The lowest BCUT2D eigenvalue weighted by molar-refractivity contribution is -0.144. The number of ether oxygens (including phenoxy) is 4. The van der Waals surface area contributed by atoms with E-state index in [0.717, 1.165) is 25.0 Å². The predicted molar refractivity (Wildman–Crippen MR) is 252 cm³/mol. The molecule has 19 nitrogen and oxygen atoms in total. The molecule has 0 aromatic carbocycles. The number of amides is 5. The standard InChI is InChI=1S/C46H75N5O14S2/c1-3-38(54)37-10-6-16-51(37)46(61)32(27-52)25-39(55)31(12-13-42(47)57)24-40(56)35(14-23-66-2)49-45(60)29-65-22-20-63-18-15-48-44(59)28-64-21-19-62-17-7-9-33(53)8-4-5-11-41-34-26-43(58)50-36(34)30-67-41/h31-32,34-37,41,52H,3-30H2,1-2H3,(H2,47,57)(H,48,59)(H,49,60)(H,50,58)/t31-,32+,34+,35+,36+,37+,41+/m1/s1. The van der Waals surface area contributed by atoms with Gasteiger partial charge >= 0.3 is 0 Å². The van der Waals surface area contributed by atoms with Crippen LogP contribution in [0.3, 0.4) is 0 Å². The van der Waals surface area contributed by atoms with E-state index < -0.39 is 59.8 Å². The summed E-state index contributed by atoms with van der Waals surface area (Å²) in [7, 11) is 0. The largest absolute Gasteiger partial charge is 0.396 e. The summed E-state index contributed by atoms with van der Waals surface area (Å²) in [5, 5.41) is 19.0. The molecule has 0 bridgehead atoms. The van der Waals surface area contributed by atoms with Crippen LogP contribution < -0.4 is 21.7 Å². The first-order valence-electron chi connectivity index (χ1n) is 23.8. The number of nitrogens with one attached hydrogen (secondary N) is 3. The molecular weight excluding hydrogens is 911 g/mol. The lowest BCUT2D eigenvalue weighted by Gasteiger charge is -2.28. The molecule has 3 heterocycles. The summed E-state index contributed by atoms with van der Waals surface area (Å²) in [6, 6.07) is -1.22. The Morgan fingerprint density at radius 2 is 1.55 bits per heavy atom. The van der Waals surface area contributed by atoms with Crippen LogP contribution in [-0.4, -0.2) is 176 Å². The summed E-state index contributed by atoms with van der Waals surface area (Å²) in [5.41, 5.74) is 5.36. The van der Waals surface area contributed by atoms with Gasteiger partial charge in [0.15, 0.2) is 11.6 Å². The average Bonchev–Trinajstić information content (AvgIpc) is 4.05. The van der Waals surface area contributed by atoms with Gasteiger partial charge in [0.2, 0.25) is 29.5 Å². The van der Waals surface area contributed by atoms with Crippen LogP contribution in [-0.2, 0) is 62.1 Å². The van der Waals surface area contributed by atoms with Crippen molar-refractivity contribution in [2.75, 3.05) is 90.3 Å².